The quantitative estimate of drug-likeness (QED) is 0.762. The number of likely N-dealkylation sites (tertiary alicyclic amines) is 1. The molecule has 1 N–H and O–H groups in total. The second kappa shape index (κ2) is 4.42. The molecule has 0 unspecified atom stereocenters. The van der Waals surface area contributed by atoms with E-state index < -0.39 is 5.60 Å². The Morgan fingerprint density at radius 2 is 1.67 bits per heavy atom. The Hall–Kier alpha value is -0.0800. The van der Waals surface area contributed by atoms with Gasteiger partial charge in [0.05, 0.1) is 5.60 Å². The molecule has 2 heteroatoms. The fourth-order valence-electron chi connectivity index (χ4n) is 2.37. The van der Waals surface area contributed by atoms with Crippen LogP contribution in [0.25, 0.3) is 0 Å². The summed E-state index contributed by atoms with van der Waals surface area (Å²) in [5.74, 6) is 0.728. The second-order valence-electron chi connectivity index (χ2n) is 6.48. The van der Waals surface area contributed by atoms with Crippen molar-refractivity contribution < 1.29 is 5.11 Å². The molecule has 0 aliphatic carbocycles. The number of rotatable bonds is 2. The van der Waals surface area contributed by atoms with E-state index in [0.29, 0.717) is 0 Å². The van der Waals surface area contributed by atoms with E-state index >= 15 is 0 Å². The molecule has 0 aromatic carbocycles. The Kier molecular flexibility index (Phi) is 3.83. The largest absolute Gasteiger partial charge is 0.389 e. The maximum atomic E-state index is 10.5. The van der Waals surface area contributed by atoms with Crippen LogP contribution < -0.4 is 0 Å². The van der Waals surface area contributed by atoms with Crippen molar-refractivity contribution >= 4 is 0 Å². The van der Waals surface area contributed by atoms with Gasteiger partial charge in [-0.15, -0.1) is 0 Å². The van der Waals surface area contributed by atoms with Gasteiger partial charge in [-0.1, -0.05) is 34.6 Å². The molecule has 2 nitrogen and oxygen atoms in total. The third-order valence-corrected chi connectivity index (χ3v) is 3.70. The van der Waals surface area contributed by atoms with Gasteiger partial charge in [-0.05, 0) is 24.2 Å². The summed E-state index contributed by atoms with van der Waals surface area (Å²) in [6, 6.07) is 0. The zero-order valence-corrected chi connectivity index (χ0v) is 11.0. The fourth-order valence-corrected chi connectivity index (χ4v) is 2.37. The summed E-state index contributed by atoms with van der Waals surface area (Å²) in [5.41, 5.74) is -0.447. The number of nitrogens with zero attached hydrogens (tertiary/aromatic N) is 1. The van der Waals surface area contributed by atoms with Gasteiger partial charge in [0.15, 0.2) is 0 Å². The van der Waals surface area contributed by atoms with Gasteiger partial charge in [-0.2, -0.15) is 0 Å². The second-order valence-corrected chi connectivity index (χ2v) is 6.48. The van der Waals surface area contributed by atoms with E-state index in [-0.39, 0.29) is 5.41 Å². The summed E-state index contributed by atoms with van der Waals surface area (Å²) in [6.45, 7) is 14.2. The van der Waals surface area contributed by atoms with E-state index in [1.807, 2.05) is 0 Å². The maximum Gasteiger partial charge on any atom is 0.0720 e. The van der Waals surface area contributed by atoms with Crippen LogP contribution in [0.4, 0.5) is 0 Å². The lowest BCUT2D eigenvalue weighted by molar-refractivity contribution is -0.0997. The summed E-state index contributed by atoms with van der Waals surface area (Å²) < 4.78 is 0. The molecule has 0 radical (unpaired) electrons. The molecule has 0 atom stereocenters. The number of hydrogen-bond acceptors (Lipinski definition) is 2. The third kappa shape index (κ3) is 3.18. The van der Waals surface area contributed by atoms with Gasteiger partial charge in [-0.25, -0.2) is 0 Å². The Labute approximate surface area is 94.7 Å². The van der Waals surface area contributed by atoms with Gasteiger partial charge in [0.2, 0.25) is 0 Å². The molecule has 0 aromatic rings. The zero-order valence-electron chi connectivity index (χ0n) is 11.0. The van der Waals surface area contributed by atoms with Crippen LogP contribution in [-0.2, 0) is 0 Å². The fraction of sp³-hybridized carbons (Fsp3) is 1.00. The van der Waals surface area contributed by atoms with E-state index in [0.717, 1.165) is 31.8 Å². The van der Waals surface area contributed by atoms with Crippen molar-refractivity contribution in [1.29, 1.82) is 0 Å². The average Bonchev–Trinajstić information content (AvgIpc) is 2.06. The van der Waals surface area contributed by atoms with Crippen LogP contribution in [0.2, 0.25) is 0 Å². The van der Waals surface area contributed by atoms with E-state index in [1.165, 1.54) is 6.54 Å². The van der Waals surface area contributed by atoms with Gasteiger partial charge in [-0.3, -0.25) is 0 Å². The lowest BCUT2D eigenvalue weighted by Crippen LogP contribution is -2.52. The molecule has 90 valence electrons. The first-order valence-corrected chi connectivity index (χ1v) is 6.19. The monoisotopic (exact) mass is 213 g/mol. The molecule has 1 aliphatic rings. The Morgan fingerprint density at radius 1 is 1.20 bits per heavy atom. The van der Waals surface area contributed by atoms with Crippen molar-refractivity contribution in [3.63, 3.8) is 0 Å². The predicted molar refractivity (Wildman–Crippen MR) is 64.9 cm³/mol. The minimum atomic E-state index is -0.458. The van der Waals surface area contributed by atoms with Crippen LogP contribution in [0.5, 0.6) is 0 Å². The first-order chi connectivity index (χ1) is 6.74. The molecular weight excluding hydrogens is 186 g/mol. The van der Waals surface area contributed by atoms with Crippen molar-refractivity contribution in [3.8, 4) is 0 Å². The lowest BCUT2D eigenvalue weighted by Gasteiger charge is -2.46. The molecule has 0 spiro atoms. The lowest BCUT2D eigenvalue weighted by atomic mass is 9.71. The Balaban J connectivity index is 2.48. The van der Waals surface area contributed by atoms with E-state index in [2.05, 4.69) is 39.5 Å². The third-order valence-electron chi connectivity index (χ3n) is 3.70. The SMILES string of the molecule is CC(C)CN1CCC(O)(C(C)(C)C)CC1. The molecule has 0 bridgehead atoms. The van der Waals surface area contributed by atoms with E-state index in [4.69, 9.17) is 0 Å². The first-order valence-electron chi connectivity index (χ1n) is 6.19. The highest BCUT2D eigenvalue weighted by atomic mass is 16.3. The van der Waals surface area contributed by atoms with Crippen LogP contribution in [0, 0.1) is 11.3 Å². The average molecular weight is 213 g/mol. The molecule has 0 saturated carbocycles. The highest BCUT2D eigenvalue weighted by molar-refractivity contribution is 4.94. The van der Waals surface area contributed by atoms with Crippen LogP contribution in [0.1, 0.15) is 47.5 Å². The van der Waals surface area contributed by atoms with Gasteiger partial charge < -0.3 is 10.0 Å². The summed E-state index contributed by atoms with van der Waals surface area (Å²) in [7, 11) is 0. The summed E-state index contributed by atoms with van der Waals surface area (Å²) in [6.07, 6.45) is 1.84. The smallest absolute Gasteiger partial charge is 0.0720 e. The van der Waals surface area contributed by atoms with Crippen LogP contribution in [0.15, 0.2) is 0 Å². The molecule has 1 fully saturated rings. The molecule has 1 heterocycles. The first kappa shape index (κ1) is 13.0. The molecule has 1 saturated heterocycles. The molecule has 15 heavy (non-hydrogen) atoms. The normalized spacial score (nSPS) is 23.4. The summed E-state index contributed by atoms with van der Waals surface area (Å²) in [5, 5.41) is 10.5. The number of hydrogen-bond donors (Lipinski definition) is 1. The molecule has 1 rings (SSSR count). The molecule has 0 amide bonds. The highest BCUT2D eigenvalue weighted by Gasteiger charge is 2.42. The van der Waals surface area contributed by atoms with Crippen LogP contribution in [0.3, 0.4) is 0 Å². The maximum absolute atomic E-state index is 10.5. The van der Waals surface area contributed by atoms with Crippen molar-refractivity contribution in [1.82, 2.24) is 4.90 Å². The number of aliphatic hydroxyl groups is 1. The number of piperidine rings is 1. The van der Waals surface area contributed by atoms with Crippen LogP contribution in [-0.4, -0.2) is 35.2 Å². The molecular formula is C13H27NO. The molecule has 0 aromatic heterocycles. The Bertz CT molecular complexity index is 197. The highest BCUT2D eigenvalue weighted by Crippen LogP contribution is 2.38. The predicted octanol–water partition coefficient (Wildman–Crippen LogP) is 2.52. The summed E-state index contributed by atoms with van der Waals surface area (Å²) >= 11 is 0. The van der Waals surface area contributed by atoms with E-state index in [9.17, 15) is 5.11 Å². The van der Waals surface area contributed by atoms with Crippen molar-refractivity contribution in [2.24, 2.45) is 11.3 Å². The minimum Gasteiger partial charge on any atom is -0.389 e. The van der Waals surface area contributed by atoms with Gasteiger partial charge in [0.1, 0.15) is 0 Å². The van der Waals surface area contributed by atoms with Gasteiger partial charge >= 0.3 is 0 Å². The van der Waals surface area contributed by atoms with Gasteiger partial charge in [0, 0.05) is 19.6 Å². The van der Waals surface area contributed by atoms with Crippen molar-refractivity contribution in [2.45, 2.75) is 53.1 Å². The van der Waals surface area contributed by atoms with Gasteiger partial charge in [0.25, 0.3) is 0 Å². The minimum absolute atomic E-state index is 0.0108. The Morgan fingerprint density at radius 3 is 2.00 bits per heavy atom. The summed E-state index contributed by atoms with van der Waals surface area (Å²) in [4.78, 5) is 2.48. The van der Waals surface area contributed by atoms with E-state index in [1.54, 1.807) is 0 Å². The van der Waals surface area contributed by atoms with Crippen molar-refractivity contribution in [2.75, 3.05) is 19.6 Å². The van der Waals surface area contributed by atoms with Crippen molar-refractivity contribution in [3.05, 3.63) is 0 Å². The zero-order chi connectivity index (χ0) is 11.7. The van der Waals surface area contributed by atoms with Crippen LogP contribution >= 0.6 is 0 Å². The topological polar surface area (TPSA) is 23.5 Å². The standard InChI is InChI=1S/C13H27NO/c1-11(2)10-14-8-6-13(15,7-9-14)12(3,4)5/h11,15H,6-10H2,1-5H3. The molecule has 1 aliphatic heterocycles.